The van der Waals surface area contributed by atoms with Crippen LogP contribution >= 0.6 is 10.7 Å². The Labute approximate surface area is 90.0 Å². The van der Waals surface area contributed by atoms with Crippen LogP contribution in [-0.2, 0) is 9.05 Å². The van der Waals surface area contributed by atoms with Gasteiger partial charge in [-0.25, -0.2) is 17.2 Å². The van der Waals surface area contributed by atoms with Crippen LogP contribution in [0.15, 0.2) is 23.1 Å². The van der Waals surface area contributed by atoms with E-state index in [-0.39, 0.29) is 12.4 Å². The summed E-state index contributed by atoms with van der Waals surface area (Å²) in [5.41, 5.74) is 0. The highest BCUT2D eigenvalue weighted by Gasteiger charge is 2.17. The first-order valence-electron chi connectivity index (χ1n) is 3.88. The summed E-state index contributed by atoms with van der Waals surface area (Å²) in [6.07, 6.45) is 0. The van der Waals surface area contributed by atoms with Crippen LogP contribution in [0.4, 0.5) is 8.78 Å². The van der Waals surface area contributed by atoms with Gasteiger partial charge in [-0.15, -0.1) is 0 Å². The van der Waals surface area contributed by atoms with Gasteiger partial charge < -0.3 is 4.74 Å². The molecule has 0 aliphatic rings. The van der Waals surface area contributed by atoms with E-state index in [1.807, 2.05) is 0 Å². The first kappa shape index (κ1) is 12.2. The zero-order valence-corrected chi connectivity index (χ0v) is 8.99. The number of alkyl halides is 1. The van der Waals surface area contributed by atoms with Gasteiger partial charge >= 0.3 is 0 Å². The molecular formula is C8H7ClF2O3S. The normalized spacial score (nSPS) is 11.4. The van der Waals surface area contributed by atoms with E-state index in [1.54, 1.807) is 0 Å². The van der Waals surface area contributed by atoms with Crippen LogP contribution in [0.2, 0.25) is 0 Å². The molecule has 0 fully saturated rings. The molecule has 1 aromatic carbocycles. The van der Waals surface area contributed by atoms with Gasteiger partial charge in [0.2, 0.25) is 0 Å². The van der Waals surface area contributed by atoms with E-state index in [1.165, 1.54) is 0 Å². The molecule has 0 bridgehead atoms. The lowest BCUT2D eigenvalue weighted by molar-refractivity contribution is 0.267. The SMILES string of the molecule is O=S(=O)(Cl)c1cc(F)ccc1OCCF. The molecule has 0 N–H and O–H groups in total. The average molecular weight is 257 g/mol. The summed E-state index contributed by atoms with van der Waals surface area (Å²) in [6, 6.07) is 2.80. The predicted octanol–water partition coefficient (Wildman–Crippen LogP) is 2.10. The molecular weight excluding hydrogens is 250 g/mol. The average Bonchev–Trinajstić information content (AvgIpc) is 2.14. The summed E-state index contributed by atoms with van der Waals surface area (Å²) < 4.78 is 51.3. The molecule has 0 aliphatic carbocycles. The Morgan fingerprint density at radius 3 is 2.60 bits per heavy atom. The number of hydrogen-bond donors (Lipinski definition) is 0. The fraction of sp³-hybridized carbons (Fsp3) is 0.250. The largest absolute Gasteiger partial charge is 0.489 e. The number of hydrogen-bond acceptors (Lipinski definition) is 3. The molecule has 0 aliphatic heterocycles. The molecule has 84 valence electrons. The van der Waals surface area contributed by atoms with E-state index < -0.39 is 26.4 Å². The smallest absolute Gasteiger partial charge is 0.265 e. The van der Waals surface area contributed by atoms with Gasteiger partial charge in [-0.2, -0.15) is 0 Å². The van der Waals surface area contributed by atoms with E-state index in [0.717, 1.165) is 18.2 Å². The molecule has 0 radical (unpaired) electrons. The molecule has 3 nitrogen and oxygen atoms in total. The highest BCUT2D eigenvalue weighted by atomic mass is 35.7. The highest BCUT2D eigenvalue weighted by Crippen LogP contribution is 2.27. The van der Waals surface area contributed by atoms with Gasteiger partial charge in [0.1, 0.15) is 29.7 Å². The van der Waals surface area contributed by atoms with Gasteiger partial charge in [-0.05, 0) is 18.2 Å². The highest BCUT2D eigenvalue weighted by molar-refractivity contribution is 8.13. The van der Waals surface area contributed by atoms with Gasteiger partial charge in [0, 0.05) is 10.7 Å². The first-order chi connectivity index (χ1) is 6.95. The third-order valence-corrected chi connectivity index (χ3v) is 2.85. The van der Waals surface area contributed by atoms with Crippen LogP contribution in [0.3, 0.4) is 0 Å². The second-order valence-corrected chi connectivity index (χ2v) is 5.10. The molecule has 0 heterocycles. The topological polar surface area (TPSA) is 43.4 Å². The van der Waals surface area contributed by atoms with Gasteiger partial charge in [0.15, 0.2) is 0 Å². The summed E-state index contributed by atoms with van der Waals surface area (Å²) in [5.74, 6) is -0.925. The molecule has 0 saturated heterocycles. The number of halogens is 3. The van der Waals surface area contributed by atoms with Crippen molar-refractivity contribution in [2.45, 2.75) is 4.90 Å². The monoisotopic (exact) mass is 256 g/mol. The second kappa shape index (κ2) is 4.76. The van der Waals surface area contributed by atoms with Crippen molar-refractivity contribution in [1.29, 1.82) is 0 Å². The van der Waals surface area contributed by atoms with Crippen molar-refractivity contribution in [3.05, 3.63) is 24.0 Å². The Kier molecular flexibility index (Phi) is 3.87. The van der Waals surface area contributed by atoms with Crippen LogP contribution in [0, 0.1) is 5.82 Å². The van der Waals surface area contributed by atoms with Crippen molar-refractivity contribution in [1.82, 2.24) is 0 Å². The number of rotatable bonds is 4. The molecule has 0 atom stereocenters. The molecule has 0 amide bonds. The maximum Gasteiger partial charge on any atom is 0.265 e. The maximum absolute atomic E-state index is 12.7. The fourth-order valence-electron chi connectivity index (χ4n) is 0.940. The van der Waals surface area contributed by atoms with Gasteiger partial charge in [-0.1, -0.05) is 0 Å². The lowest BCUT2D eigenvalue weighted by Gasteiger charge is -2.07. The lowest BCUT2D eigenvalue weighted by Crippen LogP contribution is -2.03. The third-order valence-electron chi connectivity index (χ3n) is 1.50. The Bertz CT molecular complexity index is 447. The summed E-state index contributed by atoms with van der Waals surface area (Å²) in [5, 5.41) is 0. The summed E-state index contributed by atoms with van der Waals surface area (Å²) in [7, 11) is 0.945. The first-order valence-corrected chi connectivity index (χ1v) is 6.19. The fourth-order valence-corrected chi connectivity index (χ4v) is 1.92. The van der Waals surface area contributed by atoms with Gasteiger partial charge in [0.05, 0.1) is 0 Å². The minimum atomic E-state index is -4.10. The summed E-state index contributed by atoms with van der Waals surface area (Å²) in [4.78, 5) is -0.502. The Hall–Kier alpha value is -0.880. The third kappa shape index (κ3) is 3.32. The van der Waals surface area contributed by atoms with Gasteiger partial charge in [-0.3, -0.25) is 0 Å². The predicted molar refractivity (Wildman–Crippen MR) is 50.9 cm³/mol. The Morgan fingerprint density at radius 1 is 1.40 bits per heavy atom. The number of ether oxygens (including phenoxy) is 1. The zero-order chi connectivity index (χ0) is 11.5. The molecule has 0 saturated carbocycles. The second-order valence-electron chi connectivity index (χ2n) is 2.57. The van der Waals surface area contributed by atoms with Crippen LogP contribution < -0.4 is 4.74 Å². The molecule has 1 aromatic rings. The number of benzene rings is 1. The van der Waals surface area contributed by atoms with Crippen molar-refractivity contribution in [3.63, 3.8) is 0 Å². The van der Waals surface area contributed by atoms with E-state index in [2.05, 4.69) is 0 Å². The molecule has 0 spiro atoms. The maximum atomic E-state index is 12.7. The molecule has 7 heteroatoms. The zero-order valence-electron chi connectivity index (χ0n) is 7.41. The van der Waals surface area contributed by atoms with Crippen molar-refractivity contribution in [3.8, 4) is 5.75 Å². The standard InChI is InChI=1S/C8H7ClF2O3S/c9-15(12,13)8-5-6(11)1-2-7(8)14-4-3-10/h1-2,5H,3-4H2. The van der Waals surface area contributed by atoms with E-state index >= 15 is 0 Å². The van der Waals surface area contributed by atoms with Gasteiger partial charge in [0.25, 0.3) is 9.05 Å². The summed E-state index contributed by atoms with van der Waals surface area (Å²) in [6.45, 7) is -1.09. The van der Waals surface area contributed by atoms with Crippen LogP contribution in [0.25, 0.3) is 0 Å². The van der Waals surface area contributed by atoms with Crippen LogP contribution in [0.5, 0.6) is 5.75 Å². The van der Waals surface area contributed by atoms with Crippen molar-refractivity contribution >= 4 is 19.7 Å². The molecule has 15 heavy (non-hydrogen) atoms. The van der Waals surface area contributed by atoms with E-state index in [4.69, 9.17) is 15.4 Å². The van der Waals surface area contributed by atoms with E-state index in [0.29, 0.717) is 0 Å². The minimum Gasteiger partial charge on any atom is -0.489 e. The van der Waals surface area contributed by atoms with Crippen LogP contribution in [-0.4, -0.2) is 21.7 Å². The van der Waals surface area contributed by atoms with Crippen molar-refractivity contribution in [2.75, 3.05) is 13.3 Å². The van der Waals surface area contributed by atoms with E-state index in [9.17, 15) is 17.2 Å². The quantitative estimate of drug-likeness (QED) is 0.775. The molecule has 1 rings (SSSR count). The minimum absolute atomic E-state index is 0.163. The lowest BCUT2D eigenvalue weighted by atomic mass is 10.3. The van der Waals surface area contributed by atoms with Crippen molar-refractivity contribution in [2.24, 2.45) is 0 Å². The van der Waals surface area contributed by atoms with Crippen molar-refractivity contribution < 1.29 is 21.9 Å². The summed E-state index contributed by atoms with van der Waals surface area (Å²) >= 11 is 0. The Balaban J connectivity index is 3.15. The molecule has 0 unspecified atom stereocenters. The molecule has 0 aromatic heterocycles. The Morgan fingerprint density at radius 2 is 2.07 bits per heavy atom. The van der Waals surface area contributed by atoms with Crippen LogP contribution in [0.1, 0.15) is 0 Å².